The van der Waals surface area contributed by atoms with E-state index in [2.05, 4.69) is 13.8 Å². The van der Waals surface area contributed by atoms with Gasteiger partial charge in [0.1, 0.15) is 0 Å². The average molecular weight is 312 g/mol. The predicted molar refractivity (Wildman–Crippen MR) is 85.4 cm³/mol. The van der Waals surface area contributed by atoms with Crippen molar-refractivity contribution in [1.82, 2.24) is 0 Å². The second kappa shape index (κ2) is 8.88. The molecule has 0 aromatic rings. The van der Waals surface area contributed by atoms with E-state index in [9.17, 15) is 4.79 Å². The Hall–Kier alpha value is -0.610. The normalized spacial score (nSPS) is 33.6. The van der Waals surface area contributed by atoms with Crippen LogP contribution in [0.5, 0.6) is 0 Å². The van der Waals surface area contributed by atoms with Crippen LogP contribution in [0, 0.1) is 17.8 Å². The summed E-state index contributed by atoms with van der Waals surface area (Å²) >= 11 is 0. The molecule has 1 saturated carbocycles. The molecule has 1 saturated heterocycles. The Morgan fingerprint density at radius 1 is 1.23 bits per heavy atom. The topological polar surface area (TPSA) is 44.8 Å². The molecule has 5 atom stereocenters. The lowest BCUT2D eigenvalue weighted by molar-refractivity contribution is -0.205. The van der Waals surface area contributed by atoms with Gasteiger partial charge in [0.25, 0.3) is 0 Å². The fraction of sp³-hybridized carbons (Fsp3) is 0.944. The van der Waals surface area contributed by atoms with Crippen LogP contribution in [0.3, 0.4) is 0 Å². The number of esters is 1. The number of hydrogen-bond acceptors (Lipinski definition) is 4. The summed E-state index contributed by atoms with van der Waals surface area (Å²) < 4.78 is 16.9. The maximum atomic E-state index is 11.8. The molecule has 0 radical (unpaired) electrons. The minimum atomic E-state index is -0.171. The largest absolute Gasteiger partial charge is 0.469 e. The quantitative estimate of drug-likeness (QED) is 0.668. The first-order chi connectivity index (χ1) is 10.7. The van der Waals surface area contributed by atoms with E-state index in [1.54, 1.807) is 0 Å². The van der Waals surface area contributed by atoms with Gasteiger partial charge in [0, 0.05) is 6.61 Å². The molecule has 1 heterocycles. The predicted octanol–water partition coefficient (Wildman–Crippen LogP) is 3.92. The van der Waals surface area contributed by atoms with Gasteiger partial charge in [-0.2, -0.15) is 0 Å². The van der Waals surface area contributed by atoms with Gasteiger partial charge in [-0.15, -0.1) is 0 Å². The summed E-state index contributed by atoms with van der Waals surface area (Å²) in [5, 5.41) is 0. The van der Waals surface area contributed by atoms with E-state index >= 15 is 0 Å². The molecule has 0 aromatic heterocycles. The molecule has 1 aliphatic carbocycles. The highest BCUT2D eigenvalue weighted by atomic mass is 16.7. The van der Waals surface area contributed by atoms with Crippen LogP contribution in [0.4, 0.5) is 0 Å². The zero-order valence-electron chi connectivity index (χ0n) is 14.4. The maximum Gasteiger partial charge on any atom is 0.308 e. The van der Waals surface area contributed by atoms with Crippen molar-refractivity contribution >= 4 is 5.97 Å². The second-order valence-electron chi connectivity index (χ2n) is 6.83. The highest BCUT2D eigenvalue weighted by Crippen LogP contribution is 2.43. The van der Waals surface area contributed by atoms with Crippen molar-refractivity contribution in [1.29, 1.82) is 0 Å². The van der Waals surface area contributed by atoms with Crippen LogP contribution < -0.4 is 0 Å². The lowest BCUT2D eigenvalue weighted by Crippen LogP contribution is -2.36. The zero-order valence-corrected chi connectivity index (χ0v) is 14.4. The Bertz CT molecular complexity index is 338. The monoisotopic (exact) mass is 312 g/mol. The lowest BCUT2D eigenvalue weighted by atomic mass is 9.87. The van der Waals surface area contributed by atoms with Gasteiger partial charge in [-0.25, -0.2) is 0 Å². The average Bonchev–Trinajstić information content (AvgIpc) is 2.98. The van der Waals surface area contributed by atoms with Gasteiger partial charge in [-0.3, -0.25) is 4.79 Å². The molecule has 0 bridgehead atoms. The molecular weight excluding hydrogens is 280 g/mol. The van der Waals surface area contributed by atoms with Crippen molar-refractivity contribution in [2.45, 2.75) is 77.6 Å². The number of carbonyl (C=O) groups is 1. The Morgan fingerprint density at radius 3 is 2.64 bits per heavy atom. The number of ether oxygens (including phenoxy) is 3. The van der Waals surface area contributed by atoms with Crippen LogP contribution in [0.25, 0.3) is 0 Å². The van der Waals surface area contributed by atoms with E-state index in [0.717, 1.165) is 38.2 Å². The molecule has 2 rings (SSSR count). The summed E-state index contributed by atoms with van der Waals surface area (Å²) in [6.45, 7) is 5.29. The molecule has 22 heavy (non-hydrogen) atoms. The summed E-state index contributed by atoms with van der Waals surface area (Å²) in [5.74, 6) is 1.71. The third-order valence-corrected chi connectivity index (χ3v) is 5.49. The Balaban J connectivity index is 2.03. The van der Waals surface area contributed by atoms with Gasteiger partial charge in [0.15, 0.2) is 6.29 Å². The smallest absolute Gasteiger partial charge is 0.308 e. The molecule has 0 amide bonds. The molecule has 0 spiro atoms. The number of hydrogen-bond donors (Lipinski definition) is 0. The summed E-state index contributed by atoms with van der Waals surface area (Å²) in [4.78, 5) is 11.8. The molecule has 2 aliphatic rings. The van der Waals surface area contributed by atoms with Crippen molar-refractivity contribution in [3.63, 3.8) is 0 Å². The van der Waals surface area contributed by atoms with Gasteiger partial charge >= 0.3 is 5.97 Å². The van der Waals surface area contributed by atoms with Crippen molar-refractivity contribution < 1.29 is 19.0 Å². The highest BCUT2D eigenvalue weighted by molar-refractivity contribution is 5.69. The summed E-state index contributed by atoms with van der Waals surface area (Å²) in [5.41, 5.74) is 0. The number of methoxy groups -OCH3 is 1. The van der Waals surface area contributed by atoms with Gasteiger partial charge in [0.05, 0.1) is 19.6 Å². The van der Waals surface area contributed by atoms with Gasteiger partial charge in [-0.05, 0) is 49.9 Å². The summed E-state index contributed by atoms with van der Waals surface area (Å²) in [7, 11) is 1.46. The Morgan fingerprint density at radius 2 is 2.05 bits per heavy atom. The SMILES string of the molecule is CCC1CC(CC)C(C(CC(=O)OC)OC2CCCCO2)C1. The van der Waals surface area contributed by atoms with Crippen LogP contribution in [0.1, 0.15) is 65.2 Å². The first kappa shape index (κ1) is 17.7. The van der Waals surface area contributed by atoms with Gasteiger partial charge in [-0.1, -0.05) is 26.7 Å². The minimum absolute atomic E-state index is 0.0583. The van der Waals surface area contributed by atoms with Crippen LogP contribution in [0.15, 0.2) is 0 Å². The maximum absolute atomic E-state index is 11.8. The Labute approximate surface area is 134 Å². The van der Waals surface area contributed by atoms with Gasteiger partial charge < -0.3 is 14.2 Å². The fourth-order valence-electron chi connectivity index (χ4n) is 4.10. The van der Waals surface area contributed by atoms with E-state index in [1.807, 2.05) is 0 Å². The molecule has 5 unspecified atom stereocenters. The van der Waals surface area contributed by atoms with Crippen molar-refractivity contribution in [2.75, 3.05) is 13.7 Å². The second-order valence-corrected chi connectivity index (χ2v) is 6.83. The molecule has 4 nitrogen and oxygen atoms in total. The molecular formula is C18H32O4. The molecule has 1 aliphatic heterocycles. The van der Waals surface area contributed by atoms with Crippen LogP contribution in [-0.4, -0.2) is 32.1 Å². The van der Waals surface area contributed by atoms with Crippen LogP contribution in [-0.2, 0) is 19.0 Å². The van der Waals surface area contributed by atoms with E-state index in [4.69, 9.17) is 14.2 Å². The molecule has 0 N–H and O–H groups in total. The minimum Gasteiger partial charge on any atom is -0.469 e. The van der Waals surface area contributed by atoms with Crippen LogP contribution >= 0.6 is 0 Å². The van der Waals surface area contributed by atoms with Crippen molar-refractivity contribution in [3.05, 3.63) is 0 Å². The molecule has 128 valence electrons. The van der Waals surface area contributed by atoms with E-state index in [1.165, 1.54) is 26.4 Å². The molecule has 2 fully saturated rings. The number of rotatable bonds is 7. The van der Waals surface area contributed by atoms with Crippen molar-refractivity contribution in [3.8, 4) is 0 Å². The third-order valence-electron chi connectivity index (χ3n) is 5.49. The summed E-state index contributed by atoms with van der Waals surface area (Å²) in [6.07, 6.45) is 8.18. The van der Waals surface area contributed by atoms with Crippen LogP contribution in [0.2, 0.25) is 0 Å². The first-order valence-electron chi connectivity index (χ1n) is 9.01. The first-order valence-corrected chi connectivity index (χ1v) is 9.01. The van der Waals surface area contributed by atoms with Crippen molar-refractivity contribution in [2.24, 2.45) is 17.8 Å². The third kappa shape index (κ3) is 4.69. The lowest BCUT2D eigenvalue weighted by Gasteiger charge is -2.32. The number of carbonyl (C=O) groups excluding carboxylic acids is 1. The fourth-order valence-corrected chi connectivity index (χ4v) is 4.10. The standard InChI is InChI=1S/C18H32O4/c1-4-13-10-14(5-2)15(11-13)16(12-17(19)20-3)22-18-8-6-7-9-21-18/h13-16,18H,4-12H2,1-3H3. The molecule has 4 heteroatoms. The Kier molecular flexibility index (Phi) is 7.16. The van der Waals surface area contributed by atoms with E-state index < -0.39 is 0 Å². The highest BCUT2D eigenvalue weighted by Gasteiger charge is 2.40. The van der Waals surface area contributed by atoms with E-state index in [-0.39, 0.29) is 18.4 Å². The summed E-state index contributed by atoms with van der Waals surface area (Å²) in [6, 6.07) is 0. The molecule has 0 aromatic carbocycles. The van der Waals surface area contributed by atoms with E-state index in [0.29, 0.717) is 18.3 Å². The zero-order chi connectivity index (χ0) is 15.9. The van der Waals surface area contributed by atoms with Gasteiger partial charge in [0.2, 0.25) is 0 Å².